The van der Waals surface area contributed by atoms with E-state index in [1.54, 1.807) is 28.0 Å². The number of carbonyl (C=O) groups excluding carboxylic acids is 2. The van der Waals surface area contributed by atoms with Gasteiger partial charge in [0.25, 0.3) is 0 Å². The number of nitrogens with zero attached hydrogens (tertiary/aromatic N) is 3. The molecule has 0 aliphatic carbocycles. The zero-order valence-electron chi connectivity index (χ0n) is 22.1. The van der Waals surface area contributed by atoms with Crippen molar-refractivity contribution in [1.29, 1.82) is 0 Å². The van der Waals surface area contributed by atoms with E-state index in [0.29, 0.717) is 5.82 Å². The van der Waals surface area contributed by atoms with E-state index in [0.717, 1.165) is 34.5 Å². The van der Waals surface area contributed by atoms with Crippen molar-refractivity contribution in [3.05, 3.63) is 87.6 Å². The number of nitrogens with one attached hydrogen (secondary N) is 1. The van der Waals surface area contributed by atoms with Crippen molar-refractivity contribution in [3.8, 4) is 16.9 Å². The number of hydrogen-bond donors (Lipinski definition) is 1. The van der Waals surface area contributed by atoms with Crippen LogP contribution in [-0.4, -0.2) is 39.9 Å². The minimum absolute atomic E-state index is 0.0295. The van der Waals surface area contributed by atoms with Gasteiger partial charge in [-0.15, -0.1) is 23.1 Å². The molecule has 1 aliphatic heterocycles. The van der Waals surface area contributed by atoms with Crippen molar-refractivity contribution in [1.82, 2.24) is 15.1 Å². The molecule has 0 fully saturated rings. The number of amides is 2. The maximum absolute atomic E-state index is 13.7. The largest absolute Gasteiger partial charge is 0.352 e. The van der Waals surface area contributed by atoms with Crippen molar-refractivity contribution in [3.63, 3.8) is 0 Å². The van der Waals surface area contributed by atoms with Gasteiger partial charge in [-0.3, -0.25) is 14.5 Å². The Morgan fingerprint density at radius 3 is 2.50 bits per heavy atom. The normalized spacial score (nSPS) is 16.2. The quantitative estimate of drug-likeness (QED) is 0.296. The van der Waals surface area contributed by atoms with Crippen LogP contribution in [0.15, 0.2) is 66.0 Å². The Balaban J connectivity index is 1.77. The molecule has 0 saturated heterocycles. The second-order valence-corrected chi connectivity index (χ2v) is 11.8. The highest BCUT2D eigenvalue weighted by molar-refractivity contribution is 8.00. The lowest BCUT2D eigenvalue weighted by Gasteiger charge is -2.24. The van der Waals surface area contributed by atoms with Crippen molar-refractivity contribution in [2.75, 3.05) is 17.2 Å². The van der Waals surface area contributed by atoms with Crippen LogP contribution in [0.2, 0.25) is 0 Å². The second kappa shape index (κ2) is 11.2. The molecule has 3 heterocycles. The van der Waals surface area contributed by atoms with Crippen molar-refractivity contribution < 1.29 is 9.59 Å². The molecule has 0 unspecified atom stereocenters. The fourth-order valence-electron chi connectivity index (χ4n) is 4.62. The number of hydrogen-bond acceptors (Lipinski definition) is 5. The van der Waals surface area contributed by atoms with E-state index in [1.807, 2.05) is 67.9 Å². The Hall–Kier alpha value is -3.36. The molecule has 0 bridgehead atoms. The van der Waals surface area contributed by atoms with Crippen LogP contribution in [0.3, 0.4) is 0 Å². The Morgan fingerprint density at radius 1 is 1.11 bits per heavy atom. The second-order valence-electron chi connectivity index (χ2n) is 9.71. The van der Waals surface area contributed by atoms with Gasteiger partial charge < -0.3 is 5.32 Å². The molecule has 2 amide bonds. The highest BCUT2D eigenvalue weighted by atomic mass is 32.2. The minimum Gasteiger partial charge on any atom is -0.352 e. The summed E-state index contributed by atoms with van der Waals surface area (Å²) >= 11 is 3.31. The molecule has 6 nitrogen and oxygen atoms in total. The molecule has 0 spiro atoms. The Kier molecular flexibility index (Phi) is 7.72. The number of thioether (sulfide) groups is 1. The minimum atomic E-state index is -0.174. The number of carbonyl (C=O) groups is 2. The highest BCUT2D eigenvalue weighted by Gasteiger charge is 2.38. The lowest BCUT2D eigenvalue weighted by molar-refractivity contribution is -0.123. The Labute approximate surface area is 232 Å². The van der Waals surface area contributed by atoms with Crippen LogP contribution in [0, 0.1) is 13.8 Å². The summed E-state index contributed by atoms with van der Waals surface area (Å²) in [6.45, 7) is 8.11. The summed E-state index contributed by atoms with van der Waals surface area (Å²) in [6, 6.07) is 20.4. The highest BCUT2D eigenvalue weighted by Crippen LogP contribution is 2.50. The van der Waals surface area contributed by atoms with Gasteiger partial charge >= 0.3 is 0 Å². The van der Waals surface area contributed by atoms with Crippen LogP contribution in [0.25, 0.3) is 16.9 Å². The Morgan fingerprint density at radius 2 is 1.84 bits per heavy atom. The molecule has 5 rings (SSSR count). The number of aromatic nitrogens is 2. The fourth-order valence-corrected chi connectivity index (χ4v) is 7.09. The summed E-state index contributed by atoms with van der Waals surface area (Å²) in [4.78, 5) is 29.7. The fraction of sp³-hybridized carbons (Fsp3) is 0.300. The van der Waals surface area contributed by atoms with Gasteiger partial charge in [0.2, 0.25) is 11.8 Å². The van der Waals surface area contributed by atoms with E-state index < -0.39 is 0 Å². The maximum atomic E-state index is 13.7. The topological polar surface area (TPSA) is 67.2 Å². The van der Waals surface area contributed by atoms with Crippen molar-refractivity contribution in [2.24, 2.45) is 0 Å². The van der Waals surface area contributed by atoms with Crippen molar-refractivity contribution >= 4 is 40.7 Å². The van der Waals surface area contributed by atoms with Gasteiger partial charge in [-0.05, 0) is 56.3 Å². The molecule has 8 heteroatoms. The first-order valence-electron chi connectivity index (χ1n) is 12.9. The molecule has 1 N–H and O–H groups in total. The summed E-state index contributed by atoms with van der Waals surface area (Å²) in [6.07, 6.45) is 0.819. The number of aryl methyl sites for hydroxylation is 2. The van der Waals surface area contributed by atoms with Gasteiger partial charge in [0.15, 0.2) is 0 Å². The zero-order valence-corrected chi connectivity index (χ0v) is 23.7. The first kappa shape index (κ1) is 26.3. The van der Waals surface area contributed by atoms with Crippen LogP contribution in [0.4, 0.5) is 5.82 Å². The van der Waals surface area contributed by atoms with E-state index in [2.05, 4.69) is 35.8 Å². The third-order valence-corrected chi connectivity index (χ3v) is 9.33. The molecule has 0 radical (unpaired) electrons. The molecular weight excluding hydrogens is 512 g/mol. The average Bonchev–Trinajstić information content (AvgIpc) is 3.49. The van der Waals surface area contributed by atoms with Crippen LogP contribution in [0.1, 0.15) is 47.1 Å². The van der Waals surface area contributed by atoms with Crippen molar-refractivity contribution in [2.45, 2.75) is 45.4 Å². The first-order valence-corrected chi connectivity index (χ1v) is 14.8. The lowest BCUT2D eigenvalue weighted by Crippen LogP contribution is -2.44. The molecule has 2 aromatic heterocycles. The van der Waals surface area contributed by atoms with Gasteiger partial charge in [0.05, 0.1) is 22.4 Å². The molecule has 0 saturated carbocycles. The summed E-state index contributed by atoms with van der Waals surface area (Å²) in [5.74, 6) is 0.669. The van der Waals surface area contributed by atoms with Gasteiger partial charge in [0.1, 0.15) is 12.4 Å². The number of anilines is 1. The monoisotopic (exact) mass is 544 g/mol. The van der Waals surface area contributed by atoms with E-state index in [1.165, 1.54) is 10.4 Å². The number of fused-ring (bicyclic) bond motifs is 1. The molecular formula is C30H32N4O2S2. The van der Waals surface area contributed by atoms with Crippen LogP contribution in [0.5, 0.6) is 0 Å². The predicted octanol–water partition coefficient (Wildman–Crippen LogP) is 6.30. The summed E-state index contributed by atoms with van der Waals surface area (Å²) in [5, 5.41) is 10.2. The third-order valence-electron chi connectivity index (χ3n) is 6.88. The predicted molar refractivity (Wildman–Crippen MR) is 157 cm³/mol. The average molecular weight is 545 g/mol. The van der Waals surface area contributed by atoms with Gasteiger partial charge in [0, 0.05) is 22.0 Å². The molecule has 4 aromatic rings. The summed E-state index contributed by atoms with van der Waals surface area (Å²) in [5.41, 5.74) is 5.95. The summed E-state index contributed by atoms with van der Waals surface area (Å²) < 4.78 is 1.85. The van der Waals surface area contributed by atoms with E-state index in [4.69, 9.17) is 5.10 Å². The number of benzene rings is 2. The van der Waals surface area contributed by atoms with E-state index in [9.17, 15) is 9.59 Å². The van der Waals surface area contributed by atoms with Crippen LogP contribution >= 0.6 is 23.1 Å². The molecule has 196 valence electrons. The SMILES string of the molecule is CC[C@@H](C)NC(=O)CN1C(=O)CS[C@@H](c2sccc2C)c2c(-c3ccccc3)nn(-c3ccc(C)cc3)c21. The van der Waals surface area contributed by atoms with E-state index in [-0.39, 0.29) is 35.4 Å². The molecule has 38 heavy (non-hydrogen) atoms. The van der Waals surface area contributed by atoms with E-state index >= 15 is 0 Å². The standard InChI is InChI=1S/C30H32N4O2S2/c1-5-21(4)31-24(35)17-33-25(36)18-38-29(28-20(3)15-16-37-28)26-27(22-9-7-6-8-10-22)32-34(30(26)33)23-13-11-19(2)12-14-23/h6-16,21,29H,5,17-18H2,1-4H3,(H,31,35)/t21-,29-/m1/s1. The Bertz CT molecular complexity index is 1440. The molecule has 2 aromatic carbocycles. The van der Waals surface area contributed by atoms with Gasteiger partial charge in [-0.2, -0.15) is 5.10 Å². The summed E-state index contributed by atoms with van der Waals surface area (Å²) in [7, 11) is 0. The van der Waals surface area contributed by atoms with Gasteiger partial charge in [-0.1, -0.05) is 55.0 Å². The zero-order chi connectivity index (χ0) is 26.8. The van der Waals surface area contributed by atoms with Crippen LogP contribution in [-0.2, 0) is 9.59 Å². The lowest BCUT2D eigenvalue weighted by atomic mass is 10.0. The third kappa shape index (κ3) is 5.15. The smallest absolute Gasteiger partial charge is 0.240 e. The number of thiophene rings is 1. The van der Waals surface area contributed by atoms with Gasteiger partial charge in [-0.25, -0.2) is 4.68 Å². The molecule has 1 aliphatic rings. The van der Waals surface area contributed by atoms with Crippen LogP contribution < -0.4 is 10.2 Å². The maximum Gasteiger partial charge on any atom is 0.240 e. The number of rotatable bonds is 7. The molecule has 2 atom stereocenters. The first-order chi connectivity index (χ1) is 18.4.